The molecule has 0 aliphatic rings. The summed E-state index contributed by atoms with van der Waals surface area (Å²) in [6.45, 7) is 8.62. The summed E-state index contributed by atoms with van der Waals surface area (Å²) in [4.78, 5) is 23.3. The highest BCUT2D eigenvalue weighted by atomic mass is 16.4. The number of rotatable bonds is 6. The predicted octanol–water partition coefficient (Wildman–Crippen LogP) is 6.92. The number of carboxylic acids is 2. The normalized spacial score (nSPS) is 10.9. The van der Waals surface area contributed by atoms with E-state index >= 15 is 0 Å². The van der Waals surface area contributed by atoms with E-state index < -0.39 is 11.9 Å². The van der Waals surface area contributed by atoms with Gasteiger partial charge in [0.25, 0.3) is 0 Å². The maximum Gasteiger partial charge on any atom is 0.339 e. The molecule has 0 atom stereocenters. The first-order valence-corrected chi connectivity index (χ1v) is 11.6. The van der Waals surface area contributed by atoms with Gasteiger partial charge in [0.05, 0.1) is 0 Å². The number of hydrogen-bond donors (Lipinski definition) is 4. The minimum absolute atomic E-state index is 0.219. The molecule has 0 aliphatic carbocycles. The smallest absolute Gasteiger partial charge is 0.339 e. The van der Waals surface area contributed by atoms with Crippen molar-refractivity contribution in [3.05, 3.63) is 131 Å². The monoisotopic (exact) mass is 502 g/mol. The molecule has 38 heavy (non-hydrogen) atoms. The highest BCUT2D eigenvalue weighted by Crippen LogP contribution is 2.42. The van der Waals surface area contributed by atoms with E-state index in [0.29, 0.717) is 22.3 Å². The van der Waals surface area contributed by atoms with Crippen molar-refractivity contribution >= 4 is 44.6 Å². The molecule has 0 saturated heterocycles. The third-order valence-electron chi connectivity index (χ3n) is 6.69. The number of hydrogen-bond acceptors (Lipinski definition) is 4. The molecule has 6 heteroatoms. The Morgan fingerprint density at radius 2 is 0.842 bits per heavy atom. The van der Waals surface area contributed by atoms with E-state index in [0.717, 1.165) is 32.7 Å². The lowest BCUT2D eigenvalue weighted by molar-refractivity contribution is 0.0682. The lowest BCUT2D eigenvalue weighted by atomic mass is 9.83. The van der Waals surface area contributed by atoms with Crippen molar-refractivity contribution in [1.29, 1.82) is 0 Å². The summed E-state index contributed by atoms with van der Waals surface area (Å²) in [5, 5.41) is 42.4. The van der Waals surface area contributed by atoms with Crippen LogP contribution in [-0.4, -0.2) is 32.4 Å². The topological polar surface area (TPSA) is 115 Å². The molecule has 6 nitrogen and oxygen atoms in total. The summed E-state index contributed by atoms with van der Waals surface area (Å²) < 4.78 is 0. The second-order valence-electron chi connectivity index (χ2n) is 8.87. The Hall–Kier alpha value is -5.36. The molecule has 0 fully saturated rings. The molecule has 4 N–H and O–H groups in total. The van der Waals surface area contributed by atoms with E-state index in [1.165, 1.54) is 24.3 Å². The number of aromatic hydroxyl groups is 2. The molecule has 5 aromatic carbocycles. The van der Waals surface area contributed by atoms with Crippen molar-refractivity contribution < 1.29 is 30.0 Å². The van der Waals surface area contributed by atoms with Gasteiger partial charge in [-0.15, -0.1) is 0 Å². The third kappa shape index (κ3) is 3.94. The van der Waals surface area contributed by atoms with Crippen LogP contribution in [-0.2, 0) is 0 Å². The van der Waals surface area contributed by atoms with E-state index in [9.17, 15) is 30.0 Å². The largest absolute Gasteiger partial charge is 0.507 e. The number of benzene rings is 5. The van der Waals surface area contributed by atoms with Crippen molar-refractivity contribution in [2.24, 2.45) is 0 Å². The molecule has 0 heterocycles. The van der Waals surface area contributed by atoms with Gasteiger partial charge in [-0.25, -0.2) is 9.59 Å². The van der Waals surface area contributed by atoms with Gasteiger partial charge in [0, 0.05) is 0 Å². The van der Waals surface area contributed by atoms with E-state index in [1.807, 2.05) is 48.5 Å². The van der Waals surface area contributed by atoms with Crippen LogP contribution in [0.2, 0.25) is 0 Å². The molecule has 0 unspecified atom stereocenters. The molecule has 0 amide bonds. The Labute approximate surface area is 217 Å². The molecule has 5 rings (SSSR count). The number of phenols is 2. The van der Waals surface area contributed by atoms with Gasteiger partial charge in [0.2, 0.25) is 0 Å². The van der Waals surface area contributed by atoms with Crippen LogP contribution in [0.5, 0.6) is 11.5 Å². The minimum Gasteiger partial charge on any atom is -0.507 e. The summed E-state index contributed by atoms with van der Waals surface area (Å²) in [7, 11) is 0. The molecule has 186 valence electrons. The number of carboxylic acid groups (broad SMARTS) is 2. The van der Waals surface area contributed by atoms with Gasteiger partial charge in [-0.05, 0) is 79.2 Å². The third-order valence-corrected chi connectivity index (χ3v) is 6.69. The summed E-state index contributed by atoms with van der Waals surface area (Å²) >= 11 is 0. The maximum absolute atomic E-state index is 11.6. The van der Waals surface area contributed by atoms with E-state index in [-0.39, 0.29) is 22.6 Å². The Balaban J connectivity index is 1.80. The van der Waals surface area contributed by atoms with E-state index in [1.54, 1.807) is 12.1 Å². The average Bonchev–Trinajstić information content (AvgIpc) is 2.91. The molecular formula is C32H22O6. The minimum atomic E-state index is -1.24. The molecule has 0 spiro atoms. The Bertz CT molecular complexity index is 1640. The van der Waals surface area contributed by atoms with Crippen molar-refractivity contribution in [1.82, 2.24) is 0 Å². The van der Waals surface area contributed by atoms with Crippen molar-refractivity contribution in [2.45, 2.75) is 0 Å². The van der Waals surface area contributed by atoms with E-state index in [4.69, 9.17) is 0 Å². The number of aromatic carboxylic acids is 2. The zero-order valence-corrected chi connectivity index (χ0v) is 20.1. The fourth-order valence-electron chi connectivity index (χ4n) is 4.86. The predicted molar refractivity (Wildman–Crippen MR) is 148 cm³/mol. The molecule has 0 saturated carbocycles. The zero-order valence-electron chi connectivity index (χ0n) is 20.1. The number of carbonyl (C=O) groups is 2. The van der Waals surface area contributed by atoms with Gasteiger partial charge < -0.3 is 20.4 Å². The maximum atomic E-state index is 11.6. The Morgan fingerprint density at radius 1 is 0.526 bits per heavy atom. The zero-order chi connectivity index (χ0) is 27.1. The van der Waals surface area contributed by atoms with Crippen molar-refractivity contribution in [2.75, 3.05) is 0 Å². The second kappa shape index (κ2) is 9.26. The first-order valence-electron chi connectivity index (χ1n) is 11.6. The number of fused-ring (bicyclic) bond motifs is 2. The van der Waals surface area contributed by atoms with Gasteiger partial charge in [-0.3, -0.25) is 0 Å². The first-order chi connectivity index (χ1) is 18.2. The van der Waals surface area contributed by atoms with Gasteiger partial charge >= 0.3 is 11.9 Å². The fourth-order valence-corrected chi connectivity index (χ4v) is 4.86. The van der Waals surface area contributed by atoms with Crippen LogP contribution in [0, 0.1) is 0 Å². The quantitative estimate of drug-likeness (QED) is 0.187. The molecule has 0 bridgehead atoms. The van der Waals surface area contributed by atoms with E-state index in [2.05, 4.69) is 13.2 Å². The van der Waals surface area contributed by atoms with Gasteiger partial charge in [0.15, 0.2) is 0 Å². The summed E-state index contributed by atoms with van der Waals surface area (Å²) in [5.41, 5.74) is 3.41. The van der Waals surface area contributed by atoms with Crippen LogP contribution >= 0.6 is 0 Å². The molecule has 0 aromatic heterocycles. The summed E-state index contributed by atoms with van der Waals surface area (Å²) in [5.74, 6) is -3.14. The van der Waals surface area contributed by atoms with Gasteiger partial charge in [0.1, 0.15) is 22.6 Å². The van der Waals surface area contributed by atoms with Crippen LogP contribution in [0.1, 0.15) is 43.0 Å². The van der Waals surface area contributed by atoms with Crippen LogP contribution in [0.3, 0.4) is 0 Å². The van der Waals surface area contributed by atoms with Crippen molar-refractivity contribution in [3.63, 3.8) is 0 Å². The Kier molecular flexibility index (Phi) is 5.93. The molecular weight excluding hydrogens is 480 g/mol. The van der Waals surface area contributed by atoms with Crippen LogP contribution < -0.4 is 0 Å². The highest BCUT2D eigenvalue weighted by Gasteiger charge is 2.21. The summed E-state index contributed by atoms with van der Waals surface area (Å²) in [6, 6.07) is 24.1. The molecule has 5 aromatic rings. The summed E-state index contributed by atoms with van der Waals surface area (Å²) in [6.07, 6.45) is 0. The van der Waals surface area contributed by atoms with Crippen LogP contribution in [0.25, 0.3) is 32.7 Å². The first kappa shape index (κ1) is 24.3. The fraction of sp³-hybridized carbons (Fsp3) is 0. The van der Waals surface area contributed by atoms with Crippen molar-refractivity contribution in [3.8, 4) is 11.5 Å². The van der Waals surface area contributed by atoms with Gasteiger partial charge in [-0.2, -0.15) is 0 Å². The molecule has 0 radical (unpaired) electrons. The van der Waals surface area contributed by atoms with Crippen LogP contribution in [0.15, 0.2) is 98.1 Å². The standard InChI is InChI=1S/C32H22O6/c1-17(19-11-13-27(33)25(15-19)31(35)36)29-21-7-3-5-9-23(21)30(24-10-6-4-8-22(24)29)18(2)20-12-14-28(34)26(16-20)32(37)38/h3-16,33-34H,1-2H2,(H,35,36)(H,37,38). The average molecular weight is 503 g/mol. The second-order valence-corrected chi connectivity index (χ2v) is 8.87. The van der Waals surface area contributed by atoms with Gasteiger partial charge in [-0.1, -0.05) is 73.8 Å². The Morgan fingerprint density at radius 3 is 1.13 bits per heavy atom. The highest BCUT2D eigenvalue weighted by molar-refractivity contribution is 6.18. The lowest BCUT2D eigenvalue weighted by Crippen LogP contribution is -2.01. The van der Waals surface area contributed by atoms with Crippen LogP contribution in [0.4, 0.5) is 0 Å². The molecule has 0 aliphatic heterocycles. The lowest BCUT2D eigenvalue weighted by Gasteiger charge is -2.20. The SMILES string of the molecule is C=C(c1ccc(O)c(C(=O)O)c1)c1c2ccccc2c(C(=C)c2ccc(O)c(C(=O)O)c2)c2ccccc12.